The molecule has 0 amide bonds. The molecule has 0 aliphatic carbocycles. The minimum atomic E-state index is -4.78. The molecule has 0 aliphatic heterocycles. The molecule has 0 radical (unpaired) electrons. The van der Waals surface area contributed by atoms with Crippen LogP contribution in [0.3, 0.4) is 0 Å². The molecule has 0 aromatic heterocycles. The van der Waals surface area contributed by atoms with Gasteiger partial charge in [-0.1, -0.05) is 6.92 Å². The number of hydrogen-bond acceptors (Lipinski definition) is 6. The van der Waals surface area contributed by atoms with Gasteiger partial charge in [0.05, 0.1) is 15.4 Å². The summed E-state index contributed by atoms with van der Waals surface area (Å²) in [6.07, 6.45) is -5.08. The molecular formula is C15H13F3N3O6P. The van der Waals surface area contributed by atoms with E-state index in [4.69, 9.17) is 0 Å². The minimum absolute atomic E-state index is 0.0359. The van der Waals surface area contributed by atoms with Crippen LogP contribution in [0.4, 0.5) is 35.9 Å². The summed E-state index contributed by atoms with van der Waals surface area (Å²) in [4.78, 5) is 30.3. The Kier molecular flexibility index (Phi) is 5.76. The SMILES string of the molecule is CCP(=O)(O)c1cc(Nc2ccc(C(F)(F)F)cc2[N+](=O)[O-])ccc1[N+](=O)[O-]. The minimum Gasteiger partial charge on any atom is -0.350 e. The second-order valence-electron chi connectivity index (χ2n) is 5.59. The zero-order valence-corrected chi connectivity index (χ0v) is 15.0. The van der Waals surface area contributed by atoms with E-state index < -0.39 is 45.6 Å². The third-order valence-corrected chi connectivity index (χ3v) is 5.75. The van der Waals surface area contributed by atoms with Crippen molar-refractivity contribution in [3.05, 3.63) is 62.2 Å². The van der Waals surface area contributed by atoms with E-state index in [0.29, 0.717) is 12.1 Å². The summed E-state index contributed by atoms with van der Waals surface area (Å²) in [5.74, 6) is 0. The van der Waals surface area contributed by atoms with Gasteiger partial charge in [0.2, 0.25) is 7.37 Å². The van der Waals surface area contributed by atoms with Crippen molar-refractivity contribution in [1.82, 2.24) is 0 Å². The lowest BCUT2D eigenvalue weighted by Crippen LogP contribution is -2.13. The van der Waals surface area contributed by atoms with E-state index in [9.17, 15) is 42.9 Å². The summed E-state index contributed by atoms with van der Waals surface area (Å²) >= 11 is 0. The van der Waals surface area contributed by atoms with Crippen molar-refractivity contribution in [2.24, 2.45) is 0 Å². The van der Waals surface area contributed by atoms with E-state index in [1.54, 1.807) is 0 Å². The zero-order chi connectivity index (χ0) is 21.3. The van der Waals surface area contributed by atoms with Gasteiger partial charge >= 0.3 is 6.18 Å². The van der Waals surface area contributed by atoms with Gasteiger partial charge < -0.3 is 10.2 Å². The Morgan fingerprint density at radius 3 is 2.18 bits per heavy atom. The van der Waals surface area contributed by atoms with Crippen LogP contribution in [-0.4, -0.2) is 20.9 Å². The monoisotopic (exact) mass is 419 g/mol. The smallest absolute Gasteiger partial charge is 0.350 e. The molecule has 2 rings (SSSR count). The third-order valence-electron chi connectivity index (χ3n) is 3.78. The van der Waals surface area contributed by atoms with Gasteiger partial charge in [0, 0.05) is 24.0 Å². The number of nitrogens with one attached hydrogen (secondary N) is 1. The Hall–Kier alpha value is -2.98. The summed E-state index contributed by atoms with van der Waals surface area (Å²) in [6.45, 7) is 1.35. The van der Waals surface area contributed by atoms with Gasteiger partial charge in [0.1, 0.15) is 11.0 Å². The second kappa shape index (κ2) is 7.56. The van der Waals surface area contributed by atoms with Gasteiger partial charge in [-0.3, -0.25) is 24.8 Å². The largest absolute Gasteiger partial charge is 0.416 e. The molecular weight excluding hydrogens is 406 g/mol. The molecule has 0 saturated carbocycles. The maximum atomic E-state index is 12.8. The number of benzene rings is 2. The lowest BCUT2D eigenvalue weighted by molar-refractivity contribution is -0.384. The molecule has 2 aromatic rings. The Labute approximate surface area is 155 Å². The summed E-state index contributed by atoms with van der Waals surface area (Å²) < 4.78 is 50.5. The molecule has 0 spiro atoms. The van der Waals surface area contributed by atoms with Crippen molar-refractivity contribution in [2.45, 2.75) is 13.1 Å². The molecule has 0 saturated heterocycles. The summed E-state index contributed by atoms with van der Waals surface area (Å²) in [7, 11) is -4.07. The molecule has 1 unspecified atom stereocenters. The Morgan fingerprint density at radius 1 is 1.07 bits per heavy atom. The first-order valence-electron chi connectivity index (χ1n) is 7.60. The molecule has 9 nitrogen and oxygen atoms in total. The van der Waals surface area contributed by atoms with Gasteiger partial charge in [0.15, 0.2) is 0 Å². The fourth-order valence-corrected chi connectivity index (χ4v) is 3.52. The summed E-state index contributed by atoms with van der Waals surface area (Å²) in [5.41, 5.74) is -3.06. The topological polar surface area (TPSA) is 136 Å². The van der Waals surface area contributed by atoms with Gasteiger partial charge in [-0.05, 0) is 24.3 Å². The molecule has 13 heteroatoms. The first-order valence-corrected chi connectivity index (χ1v) is 9.44. The van der Waals surface area contributed by atoms with Gasteiger partial charge in [0.25, 0.3) is 11.4 Å². The molecule has 28 heavy (non-hydrogen) atoms. The van der Waals surface area contributed by atoms with E-state index in [-0.39, 0.29) is 17.5 Å². The van der Waals surface area contributed by atoms with E-state index in [2.05, 4.69) is 5.32 Å². The predicted octanol–water partition coefficient (Wildman–Crippen LogP) is 4.18. The summed E-state index contributed by atoms with van der Waals surface area (Å²) in [6, 6.07) is 4.84. The van der Waals surface area contributed by atoms with Crippen LogP contribution in [0.15, 0.2) is 36.4 Å². The molecule has 2 aromatic carbocycles. The highest BCUT2D eigenvalue weighted by Crippen LogP contribution is 2.43. The third kappa shape index (κ3) is 4.46. The second-order valence-corrected chi connectivity index (χ2v) is 8.11. The van der Waals surface area contributed by atoms with E-state index >= 15 is 0 Å². The number of nitrogens with zero attached hydrogens (tertiary/aromatic N) is 2. The Bertz CT molecular complexity index is 995. The maximum absolute atomic E-state index is 12.8. The summed E-state index contributed by atoms with van der Waals surface area (Å²) in [5, 5.41) is 24.2. The lowest BCUT2D eigenvalue weighted by atomic mass is 10.1. The lowest BCUT2D eigenvalue weighted by Gasteiger charge is -2.13. The van der Waals surface area contributed by atoms with Crippen molar-refractivity contribution >= 4 is 35.4 Å². The fourth-order valence-electron chi connectivity index (χ4n) is 2.33. The van der Waals surface area contributed by atoms with Crippen LogP contribution < -0.4 is 10.6 Å². The first-order chi connectivity index (χ1) is 12.9. The van der Waals surface area contributed by atoms with Crippen molar-refractivity contribution < 1.29 is 32.5 Å². The van der Waals surface area contributed by atoms with Crippen molar-refractivity contribution in [3.8, 4) is 0 Å². The number of hydrogen-bond donors (Lipinski definition) is 2. The predicted molar refractivity (Wildman–Crippen MR) is 94.5 cm³/mol. The van der Waals surface area contributed by atoms with Crippen LogP contribution in [0.1, 0.15) is 12.5 Å². The van der Waals surface area contributed by atoms with Crippen LogP contribution in [0.5, 0.6) is 0 Å². The highest BCUT2D eigenvalue weighted by Gasteiger charge is 2.33. The number of rotatable bonds is 6. The number of nitro benzene ring substituents is 2. The van der Waals surface area contributed by atoms with Gasteiger partial charge in [-0.25, -0.2) is 0 Å². The Morgan fingerprint density at radius 2 is 1.68 bits per heavy atom. The average Bonchev–Trinajstić information content (AvgIpc) is 2.60. The van der Waals surface area contributed by atoms with Crippen molar-refractivity contribution in [2.75, 3.05) is 11.5 Å². The zero-order valence-electron chi connectivity index (χ0n) is 14.1. The molecule has 0 heterocycles. The standard InChI is InChI=1S/C15H13F3N3O6P/c1-2-28(26,27)14-8-10(4-6-12(14)20(22)23)19-11-5-3-9(15(16,17)18)7-13(11)21(24)25/h3-8,19H,2H2,1H3,(H,26,27). The molecule has 2 N–H and O–H groups in total. The molecule has 0 fully saturated rings. The van der Waals surface area contributed by atoms with E-state index in [1.807, 2.05) is 0 Å². The van der Waals surface area contributed by atoms with Crippen LogP contribution in [-0.2, 0) is 10.7 Å². The number of anilines is 2. The number of nitro groups is 2. The maximum Gasteiger partial charge on any atom is 0.416 e. The fraction of sp³-hybridized carbons (Fsp3) is 0.200. The number of alkyl halides is 3. The normalized spacial score (nSPS) is 13.6. The van der Waals surface area contributed by atoms with Crippen molar-refractivity contribution in [1.29, 1.82) is 0 Å². The highest BCUT2D eigenvalue weighted by atomic mass is 31.2. The van der Waals surface area contributed by atoms with Crippen molar-refractivity contribution in [3.63, 3.8) is 0 Å². The molecule has 0 aliphatic rings. The highest BCUT2D eigenvalue weighted by molar-refractivity contribution is 7.66. The molecule has 1 atom stereocenters. The molecule has 150 valence electrons. The van der Waals surface area contributed by atoms with Crippen LogP contribution in [0.2, 0.25) is 0 Å². The van der Waals surface area contributed by atoms with Crippen LogP contribution >= 0.6 is 7.37 Å². The van der Waals surface area contributed by atoms with Crippen LogP contribution in [0, 0.1) is 20.2 Å². The van der Waals surface area contributed by atoms with Crippen LogP contribution in [0.25, 0.3) is 0 Å². The number of halogens is 3. The molecule has 0 bridgehead atoms. The first kappa shape index (κ1) is 21.3. The van der Waals surface area contributed by atoms with Gasteiger partial charge in [-0.2, -0.15) is 13.2 Å². The quantitative estimate of drug-likeness (QED) is 0.407. The van der Waals surface area contributed by atoms with E-state index in [1.165, 1.54) is 6.92 Å². The Balaban J connectivity index is 2.54. The van der Waals surface area contributed by atoms with Gasteiger partial charge in [-0.15, -0.1) is 0 Å². The average molecular weight is 419 g/mol. The van der Waals surface area contributed by atoms with E-state index in [0.717, 1.165) is 24.3 Å².